The number of thioether (sulfide) groups is 1. The average Bonchev–Trinajstić information content (AvgIpc) is 3.12. The standard InChI is InChI=1S/C26H17FN2O3S2/c1-2-14-32-22-9-4-3-6-17(22)16-23-25(31)29(26(33)34-23)21-8-5-7-18(15-21)24(30)28-20-12-10-19(27)11-13-20/h1,3-13,15-16H,14H2,(H,28,30)/b23-16+. The number of rotatable bonds is 6. The van der Waals surface area contributed by atoms with Crippen molar-refractivity contribution in [1.29, 1.82) is 0 Å². The fourth-order valence-corrected chi connectivity index (χ4v) is 4.49. The summed E-state index contributed by atoms with van der Waals surface area (Å²) in [5.74, 6) is 1.88. The van der Waals surface area contributed by atoms with Gasteiger partial charge in [-0.1, -0.05) is 54.2 Å². The second-order valence-corrected chi connectivity index (χ2v) is 8.73. The Balaban J connectivity index is 1.56. The maximum absolute atomic E-state index is 13.2. The van der Waals surface area contributed by atoms with Crippen molar-refractivity contribution in [1.82, 2.24) is 0 Å². The third-order valence-electron chi connectivity index (χ3n) is 4.78. The number of amides is 2. The molecule has 1 saturated heterocycles. The van der Waals surface area contributed by atoms with Crippen LogP contribution in [0.3, 0.4) is 0 Å². The summed E-state index contributed by atoms with van der Waals surface area (Å²) in [6.45, 7) is 0.110. The zero-order valence-electron chi connectivity index (χ0n) is 17.7. The third kappa shape index (κ3) is 5.17. The Morgan fingerprint density at radius 1 is 1.15 bits per heavy atom. The number of terminal acetylenes is 1. The van der Waals surface area contributed by atoms with Crippen molar-refractivity contribution in [2.45, 2.75) is 0 Å². The number of hydrogen-bond donors (Lipinski definition) is 1. The minimum Gasteiger partial charge on any atom is -0.480 e. The van der Waals surface area contributed by atoms with Crippen LogP contribution < -0.4 is 15.0 Å². The smallest absolute Gasteiger partial charge is 0.270 e. The Kier molecular flexibility index (Phi) is 7.07. The molecule has 4 rings (SSSR count). The first-order chi connectivity index (χ1) is 16.5. The summed E-state index contributed by atoms with van der Waals surface area (Å²) in [6.07, 6.45) is 6.98. The van der Waals surface area contributed by atoms with Crippen LogP contribution >= 0.6 is 24.0 Å². The number of nitrogens with zero attached hydrogens (tertiary/aromatic N) is 1. The molecule has 8 heteroatoms. The van der Waals surface area contributed by atoms with E-state index in [0.29, 0.717) is 37.5 Å². The van der Waals surface area contributed by atoms with Gasteiger partial charge in [0, 0.05) is 16.8 Å². The normalized spacial score (nSPS) is 14.2. The van der Waals surface area contributed by atoms with Crippen LogP contribution in [-0.4, -0.2) is 22.7 Å². The van der Waals surface area contributed by atoms with Gasteiger partial charge in [-0.2, -0.15) is 0 Å². The minimum atomic E-state index is -0.396. The molecule has 0 saturated carbocycles. The van der Waals surface area contributed by atoms with E-state index in [0.717, 1.165) is 11.8 Å². The molecule has 1 aliphatic rings. The summed E-state index contributed by atoms with van der Waals surface area (Å²) >= 11 is 6.61. The van der Waals surface area contributed by atoms with Crippen LogP contribution in [0.15, 0.2) is 77.7 Å². The van der Waals surface area contributed by atoms with Gasteiger partial charge < -0.3 is 10.1 Å². The van der Waals surface area contributed by atoms with Gasteiger partial charge in [-0.3, -0.25) is 14.5 Å². The Labute approximate surface area is 205 Å². The number of hydrogen-bond acceptors (Lipinski definition) is 5. The molecule has 1 aliphatic heterocycles. The van der Waals surface area contributed by atoms with Gasteiger partial charge in [-0.15, -0.1) is 6.42 Å². The van der Waals surface area contributed by atoms with Crippen molar-refractivity contribution in [3.63, 3.8) is 0 Å². The fraction of sp³-hybridized carbons (Fsp3) is 0.0385. The molecular formula is C26H17FN2O3S2. The fourth-order valence-electron chi connectivity index (χ4n) is 3.20. The summed E-state index contributed by atoms with van der Waals surface area (Å²) < 4.78 is 19.0. The van der Waals surface area contributed by atoms with Gasteiger partial charge in [0.25, 0.3) is 11.8 Å². The Hall–Kier alpha value is -3.93. The summed E-state index contributed by atoms with van der Waals surface area (Å²) in [6, 6.07) is 19.3. The summed E-state index contributed by atoms with van der Waals surface area (Å²) in [5.41, 5.74) is 1.95. The Bertz CT molecular complexity index is 1350. The Morgan fingerprint density at radius 2 is 1.91 bits per heavy atom. The monoisotopic (exact) mass is 488 g/mol. The van der Waals surface area contributed by atoms with E-state index in [4.69, 9.17) is 23.4 Å². The lowest BCUT2D eigenvalue weighted by atomic mass is 10.1. The first-order valence-corrected chi connectivity index (χ1v) is 11.3. The molecule has 5 nitrogen and oxygen atoms in total. The van der Waals surface area contributed by atoms with Crippen molar-refractivity contribution in [2.75, 3.05) is 16.8 Å². The highest BCUT2D eigenvalue weighted by atomic mass is 32.2. The Morgan fingerprint density at radius 3 is 2.68 bits per heavy atom. The van der Waals surface area contributed by atoms with Crippen molar-refractivity contribution in [3.8, 4) is 18.1 Å². The van der Waals surface area contributed by atoms with E-state index in [1.165, 1.54) is 29.2 Å². The van der Waals surface area contributed by atoms with E-state index in [2.05, 4.69) is 11.2 Å². The van der Waals surface area contributed by atoms with E-state index in [-0.39, 0.29) is 12.5 Å². The molecule has 168 valence electrons. The predicted octanol–water partition coefficient (Wildman–Crippen LogP) is 5.50. The number of ether oxygens (including phenoxy) is 1. The molecule has 1 fully saturated rings. The van der Waals surface area contributed by atoms with Gasteiger partial charge in [0.15, 0.2) is 4.32 Å². The topological polar surface area (TPSA) is 58.6 Å². The van der Waals surface area contributed by atoms with Crippen LogP contribution in [0.2, 0.25) is 0 Å². The molecule has 0 atom stereocenters. The zero-order chi connectivity index (χ0) is 24.1. The lowest BCUT2D eigenvalue weighted by Gasteiger charge is -2.15. The second-order valence-electron chi connectivity index (χ2n) is 7.06. The van der Waals surface area contributed by atoms with Crippen molar-refractivity contribution < 1.29 is 18.7 Å². The number of carbonyl (C=O) groups is 2. The van der Waals surface area contributed by atoms with Crippen LogP contribution in [0.1, 0.15) is 15.9 Å². The lowest BCUT2D eigenvalue weighted by molar-refractivity contribution is -0.113. The number of thiocarbonyl (C=S) groups is 1. The van der Waals surface area contributed by atoms with Crippen molar-refractivity contribution in [3.05, 3.63) is 94.6 Å². The molecular weight excluding hydrogens is 471 g/mol. The first-order valence-electron chi connectivity index (χ1n) is 10.1. The highest BCUT2D eigenvalue weighted by Gasteiger charge is 2.33. The number of nitrogens with one attached hydrogen (secondary N) is 1. The number of benzene rings is 3. The molecule has 0 aromatic heterocycles. The number of carbonyl (C=O) groups excluding carboxylic acids is 2. The van der Waals surface area contributed by atoms with Crippen LogP contribution in [0.25, 0.3) is 6.08 Å². The summed E-state index contributed by atoms with van der Waals surface area (Å²) in [4.78, 5) is 27.7. The van der Waals surface area contributed by atoms with Crippen LogP contribution in [-0.2, 0) is 4.79 Å². The molecule has 0 unspecified atom stereocenters. The molecule has 3 aromatic rings. The van der Waals surface area contributed by atoms with Gasteiger partial charge in [0.1, 0.15) is 18.2 Å². The van der Waals surface area contributed by atoms with E-state index in [9.17, 15) is 14.0 Å². The van der Waals surface area contributed by atoms with Gasteiger partial charge in [0.05, 0.1) is 10.6 Å². The van der Waals surface area contributed by atoms with E-state index in [1.54, 1.807) is 36.4 Å². The van der Waals surface area contributed by atoms with Gasteiger partial charge in [-0.05, 0) is 54.6 Å². The second kappa shape index (κ2) is 10.3. The van der Waals surface area contributed by atoms with Gasteiger partial charge >= 0.3 is 0 Å². The van der Waals surface area contributed by atoms with Gasteiger partial charge in [-0.25, -0.2) is 4.39 Å². The molecule has 1 heterocycles. The van der Waals surface area contributed by atoms with Crippen LogP contribution in [0, 0.1) is 18.2 Å². The first kappa shape index (κ1) is 23.2. The summed E-state index contributed by atoms with van der Waals surface area (Å²) in [5, 5.41) is 2.70. The van der Waals surface area contributed by atoms with Gasteiger partial charge in [0.2, 0.25) is 0 Å². The van der Waals surface area contributed by atoms with Crippen LogP contribution in [0.5, 0.6) is 5.75 Å². The van der Waals surface area contributed by atoms with Crippen molar-refractivity contribution >= 4 is 57.6 Å². The lowest BCUT2D eigenvalue weighted by Crippen LogP contribution is -2.27. The highest BCUT2D eigenvalue weighted by molar-refractivity contribution is 8.27. The minimum absolute atomic E-state index is 0.110. The summed E-state index contributed by atoms with van der Waals surface area (Å²) in [7, 11) is 0. The molecule has 0 spiro atoms. The SMILES string of the molecule is C#CCOc1ccccc1/C=C1/SC(=S)N(c2cccc(C(=O)Nc3ccc(F)cc3)c2)C1=O. The molecule has 1 N–H and O–H groups in total. The van der Waals surface area contributed by atoms with Crippen LogP contribution in [0.4, 0.5) is 15.8 Å². The molecule has 0 bridgehead atoms. The quantitative estimate of drug-likeness (QED) is 0.282. The maximum atomic E-state index is 13.2. The van der Waals surface area contributed by atoms with E-state index >= 15 is 0 Å². The molecule has 0 radical (unpaired) electrons. The highest BCUT2D eigenvalue weighted by Crippen LogP contribution is 2.37. The van der Waals surface area contributed by atoms with E-state index < -0.39 is 11.7 Å². The average molecular weight is 489 g/mol. The zero-order valence-corrected chi connectivity index (χ0v) is 19.3. The third-order valence-corrected chi connectivity index (χ3v) is 6.08. The largest absolute Gasteiger partial charge is 0.480 e. The number of halogens is 1. The van der Waals surface area contributed by atoms with E-state index in [1.807, 2.05) is 18.2 Å². The number of para-hydroxylation sites is 1. The molecule has 2 amide bonds. The van der Waals surface area contributed by atoms with Crippen molar-refractivity contribution in [2.24, 2.45) is 0 Å². The number of anilines is 2. The molecule has 3 aromatic carbocycles. The molecule has 34 heavy (non-hydrogen) atoms. The predicted molar refractivity (Wildman–Crippen MR) is 137 cm³/mol. The molecule has 0 aliphatic carbocycles. The maximum Gasteiger partial charge on any atom is 0.270 e.